The quantitative estimate of drug-likeness (QED) is 0.188. The standard InChI is InChI=1S/C46H30N4/c1-3-12-31(13-4-1)33-14-11-15-35(28-33)45-39-19-7-9-20-41(39)47-46(48-45)32-22-24-37(25-23-32)50-42-21-10-8-18-38(42)40-30-43-34(29-44(40)50)26-27-49(43)36-16-5-2-6-17-36/h1-30H. The van der Waals surface area contributed by atoms with E-state index in [0.717, 1.165) is 44.7 Å². The molecule has 3 aromatic heterocycles. The molecule has 0 atom stereocenters. The third-order valence-corrected chi connectivity index (χ3v) is 9.75. The first-order valence-corrected chi connectivity index (χ1v) is 16.9. The minimum absolute atomic E-state index is 0.710. The Morgan fingerprint density at radius 1 is 0.380 bits per heavy atom. The van der Waals surface area contributed by atoms with E-state index < -0.39 is 0 Å². The second-order valence-corrected chi connectivity index (χ2v) is 12.7. The lowest BCUT2D eigenvalue weighted by atomic mass is 9.99. The topological polar surface area (TPSA) is 35.6 Å². The van der Waals surface area contributed by atoms with E-state index in [9.17, 15) is 0 Å². The van der Waals surface area contributed by atoms with E-state index in [1.165, 1.54) is 38.3 Å². The van der Waals surface area contributed by atoms with Gasteiger partial charge in [0.1, 0.15) is 0 Å². The largest absolute Gasteiger partial charge is 0.317 e. The van der Waals surface area contributed by atoms with Gasteiger partial charge >= 0.3 is 0 Å². The zero-order chi connectivity index (χ0) is 33.0. The second-order valence-electron chi connectivity index (χ2n) is 12.7. The first kappa shape index (κ1) is 28.3. The molecule has 234 valence electrons. The minimum atomic E-state index is 0.710. The number of fused-ring (bicyclic) bond motifs is 5. The Bertz CT molecular complexity index is 2850. The lowest BCUT2D eigenvalue weighted by Crippen LogP contribution is -1.97. The molecule has 10 rings (SSSR count). The predicted molar refractivity (Wildman–Crippen MR) is 207 cm³/mol. The Morgan fingerprint density at radius 2 is 1.08 bits per heavy atom. The molecule has 0 unspecified atom stereocenters. The Hall–Kier alpha value is -6.78. The summed E-state index contributed by atoms with van der Waals surface area (Å²) in [6.45, 7) is 0. The second kappa shape index (κ2) is 11.4. The lowest BCUT2D eigenvalue weighted by molar-refractivity contribution is 1.13. The van der Waals surface area contributed by atoms with Crippen LogP contribution in [0, 0.1) is 0 Å². The van der Waals surface area contributed by atoms with Gasteiger partial charge in [-0.15, -0.1) is 0 Å². The lowest BCUT2D eigenvalue weighted by Gasteiger charge is -2.12. The summed E-state index contributed by atoms with van der Waals surface area (Å²) in [4.78, 5) is 10.3. The van der Waals surface area contributed by atoms with Crippen molar-refractivity contribution >= 4 is 43.6 Å². The average molecular weight is 639 g/mol. The van der Waals surface area contributed by atoms with Crippen molar-refractivity contribution in [3.63, 3.8) is 0 Å². The Kier molecular flexibility index (Phi) is 6.46. The molecule has 0 saturated carbocycles. The molecule has 0 amide bonds. The summed E-state index contributed by atoms with van der Waals surface area (Å²) in [5.41, 5.74) is 12.1. The van der Waals surface area contributed by atoms with Crippen LogP contribution >= 0.6 is 0 Å². The van der Waals surface area contributed by atoms with E-state index in [-0.39, 0.29) is 0 Å². The highest BCUT2D eigenvalue weighted by atomic mass is 15.0. The van der Waals surface area contributed by atoms with Gasteiger partial charge < -0.3 is 9.13 Å². The Balaban J connectivity index is 1.09. The number of nitrogens with zero attached hydrogens (tertiary/aromatic N) is 4. The van der Waals surface area contributed by atoms with Gasteiger partial charge in [0.25, 0.3) is 0 Å². The Labute approximate surface area is 289 Å². The number of para-hydroxylation sites is 3. The van der Waals surface area contributed by atoms with Crippen LogP contribution in [-0.2, 0) is 0 Å². The third-order valence-electron chi connectivity index (χ3n) is 9.75. The first-order chi connectivity index (χ1) is 24.8. The fraction of sp³-hybridized carbons (Fsp3) is 0. The van der Waals surface area contributed by atoms with Gasteiger partial charge in [0, 0.05) is 50.2 Å². The first-order valence-electron chi connectivity index (χ1n) is 16.9. The summed E-state index contributed by atoms with van der Waals surface area (Å²) in [7, 11) is 0. The summed E-state index contributed by atoms with van der Waals surface area (Å²) in [5, 5.41) is 4.70. The molecular weight excluding hydrogens is 609 g/mol. The van der Waals surface area contributed by atoms with Crippen LogP contribution < -0.4 is 0 Å². The van der Waals surface area contributed by atoms with Crippen molar-refractivity contribution in [1.82, 2.24) is 19.1 Å². The monoisotopic (exact) mass is 638 g/mol. The van der Waals surface area contributed by atoms with Gasteiger partial charge in [0.2, 0.25) is 0 Å². The zero-order valence-electron chi connectivity index (χ0n) is 27.1. The molecule has 0 radical (unpaired) electrons. The van der Waals surface area contributed by atoms with Crippen LogP contribution in [0.3, 0.4) is 0 Å². The van der Waals surface area contributed by atoms with Gasteiger partial charge in [0.05, 0.1) is 27.8 Å². The van der Waals surface area contributed by atoms with Gasteiger partial charge in [-0.3, -0.25) is 0 Å². The van der Waals surface area contributed by atoms with E-state index >= 15 is 0 Å². The van der Waals surface area contributed by atoms with Gasteiger partial charge in [0.15, 0.2) is 5.82 Å². The van der Waals surface area contributed by atoms with Crippen LogP contribution in [0.25, 0.3) is 88.8 Å². The van der Waals surface area contributed by atoms with E-state index in [1.807, 2.05) is 12.1 Å². The fourth-order valence-corrected chi connectivity index (χ4v) is 7.35. The van der Waals surface area contributed by atoms with E-state index in [0.29, 0.717) is 5.82 Å². The van der Waals surface area contributed by atoms with Gasteiger partial charge in [-0.1, -0.05) is 103 Å². The van der Waals surface area contributed by atoms with Crippen molar-refractivity contribution in [2.45, 2.75) is 0 Å². The molecule has 0 spiro atoms. The van der Waals surface area contributed by atoms with Crippen LogP contribution in [-0.4, -0.2) is 19.1 Å². The minimum Gasteiger partial charge on any atom is -0.317 e. The molecule has 0 saturated heterocycles. The predicted octanol–water partition coefficient (Wildman–Crippen LogP) is 11.7. The highest BCUT2D eigenvalue weighted by Crippen LogP contribution is 2.37. The van der Waals surface area contributed by atoms with Crippen molar-refractivity contribution in [3.05, 3.63) is 182 Å². The third kappa shape index (κ3) is 4.61. The molecule has 0 N–H and O–H groups in total. The number of rotatable bonds is 5. The molecule has 4 heteroatoms. The zero-order valence-corrected chi connectivity index (χ0v) is 27.1. The van der Waals surface area contributed by atoms with Gasteiger partial charge in [-0.25, -0.2) is 9.97 Å². The molecule has 10 aromatic rings. The molecule has 0 bridgehead atoms. The van der Waals surface area contributed by atoms with E-state index in [4.69, 9.17) is 9.97 Å². The van der Waals surface area contributed by atoms with Crippen LogP contribution in [0.4, 0.5) is 0 Å². The van der Waals surface area contributed by atoms with Crippen molar-refractivity contribution in [2.75, 3.05) is 0 Å². The maximum absolute atomic E-state index is 5.21. The summed E-state index contributed by atoms with van der Waals surface area (Å²) < 4.78 is 4.64. The van der Waals surface area contributed by atoms with Crippen LogP contribution in [0.15, 0.2) is 182 Å². The molecule has 0 aliphatic carbocycles. The van der Waals surface area contributed by atoms with Crippen molar-refractivity contribution in [1.29, 1.82) is 0 Å². The maximum Gasteiger partial charge on any atom is 0.160 e. The molecular formula is C46H30N4. The number of benzene rings is 7. The summed E-state index contributed by atoms with van der Waals surface area (Å²) >= 11 is 0. The number of hydrogen-bond donors (Lipinski definition) is 0. The molecule has 0 aliphatic heterocycles. The number of aromatic nitrogens is 4. The maximum atomic E-state index is 5.21. The summed E-state index contributed by atoms with van der Waals surface area (Å²) in [6.07, 6.45) is 2.16. The summed E-state index contributed by atoms with van der Waals surface area (Å²) in [5.74, 6) is 0.710. The smallest absolute Gasteiger partial charge is 0.160 e. The van der Waals surface area contributed by atoms with Gasteiger partial charge in [-0.2, -0.15) is 0 Å². The molecule has 7 aromatic carbocycles. The Morgan fingerprint density at radius 3 is 1.92 bits per heavy atom. The van der Waals surface area contributed by atoms with Crippen LogP contribution in [0.5, 0.6) is 0 Å². The average Bonchev–Trinajstić information content (AvgIpc) is 3.76. The van der Waals surface area contributed by atoms with Gasteiger partial charge in [-0.05, 0) is 83.9 Å². The van der Waals surface area contributed by atoms with Crippen molar-refractivity contribution < 1.29 is 0 Å². The molecule has 3 heterocycles. The molecule has 50 heavy (non-hydrogen) atoms. The molecule has 4 nitrogen and oxygen atoms in total. The fourth-order valence-electron chi connectivity index (χ4n) is 7.35. The number of hydrogen-bond acceptors (Lipinski definition) is 2. The van der Waals surface area contributed by atoms with E-state index in [2.05, 4.69) is 179 Å². The van der Waals surface area contributed by atoms with Crippen molar-refractivity contribution in [2.24, 2.45) is 0 Å². The normalized spacial score (nSPS) is 11.6. The SMILES string of the molecule is c1ccc(-c2cccc(-c3nc(-c4ccc(-n5c6ccccc6c6cc7c(ccn7-c7ccccc7)cc65)cc4)nc4ccccc34)c2)cc1. The van der Waals surface area contributed by atoms with E-state index in [1.54, 1.807) is 0 Å². The highest BCUT2D eigenvalue weighted by Gasteiger charge is 2.16. The highest BCUT2D eigenvalue weighted by molar-refractivity contribution is 6.13. The molecule has 0 aliphatic rings. The molecule has 0 fully saturated rings. The summed E-state index contributed by atoms with van der Waals surface area (Å²) in [6, 6.07) is 62.1. The van der Waals surface area contributed by atoms with Crippen LogP contribution in [0.2, 0.25) is 0 Å². The van der Waals surface area contributed by atoms with Crippen LogP contribution in [0.1, 0.15) is 0 Å². The van der Waals surface area contributed by atoms with Crippen molar-refractivity contribution in [3.8, 4) is 45.1 Å².